The van der Waals surface area contributed by atoms with Crippen molar-refractivity contribution < 1.29 is 4.52 Å². The number of anilines is 1. The van der Waals surface area contributed by atoms with Gasteiger partial charge in [0.2, 0.25) is 5.95 Å². The minimum atomic E-state index is 0.378. The molecule has 5 heteroatoms. The monoisotopic (exact) mass is 286 g/mol. The lowest BCUT2D eigenvalue weighted by molar-refractivity contribution is 0.379. The van der Waals surface area contributed by atoms with E-state index >= 15 is 0 Å². The van der Waals surface area contributed by atoms with Crippen LogP contribution >= 0.6 is 0 Å². The number of hydrogen-bond acceptors (Lipinski definition) is 5. The Morgan fingerprint density at radius 3 is 2.71 bits per heavy atom. The van der Waals surface area contributed by atoms with Gasteiger partial charge in [-0.05, 0) is 31.7 Å². The molecule has 0 spiro atoms. The lowest BCUT2D eigenvalue weighted by atomic mass is 9.83. The van der Waals surface area contributed by atoms with Crippen molar-refractivity contribution in [3.05, 3.63) is 35.0 Å². The molecule has 1 aliphatic rings. The molecule has 3 rings (SSSR count). The van der Waals surface area contributed by atoms with Crippen LogP contribution in [0.5, 0.6) is 0 Å². The Balaban J connectivity index is 1.67. The van der Waals surface area contributed by atoms with Crippen LogP contribution in [0.25, 0.3) is 0 Å². The molecule has 0 radical (unpaired) electrons. The first-order chi connectivity index (χ1) is 10.1. The molecule has 21 heavy (non-hydrogen) atoms. The van der Waals surface area contributed by atoms with E-state index in [-0.39, 0.29) is 0 Å². The van der Waals surface area contributed by atoms with E-state index in [1.54, 1.807) is 0 Å². The van der Waals surface area contributed by atoms with Crippen LogP contribution in [-0.2, 0) is 6.54 Å². The molecule has 1 N–H and O–H groups in total. The van der Waals surface area contributed by atoms with Crippen LogP contribution < -0.4 is 5.32 Å². The van der Waals surface area contributed by atoms with Crippen LogP contribution in [-0.4, -0.2) is 15.1 Å². The van der Waals surface area contributed by atoms with Gasteiger partial charge in [-0.2, -0.15) is 0 Å². The summed E-state index contributed by atoms with van der Waals surface area (Å²) < 4.78 is 5.32. The Morgan fingerprint density at radius 1 is 1.29 bits per heavy atom. The molecule has 2 aromatic heterocycles. The van der Waals surface area contributed by atoms with E-state index in [2.05, 4.69) is 40.4 Å². The molecule has 0 aliphatic heterocycles. The fourth-order valence-electron chi connectivity index (χ4n) is 2.44. The number of aromatic nitrogens is 3. The van der Waals surface area contributed by atoms with Gasteiger partial charge in [0.15, 0.2) is 5.76 Å². The predicted molar refractivity (Wildman–Crippen MR) is 81.3 cm³/mol. The Morgan fingerprint density at radius 2 is 2.10 bits per heavy atom. The first kappa shape index (κ1) is 14.0. The third-order valence-corrected chi connectivity index (χ3v) is 3.99. The Bertz CT molecular complexity index is 616. The summed E-state index contributed by atoms with van der Waals surface area (Å²) in [6.07, 6.45) is 3.80. The highest BCUT2D eigenvalue weighted by atomic mass is 16.5. The SMILES string of the molecule is Cc1cc(C2CCC2)nc(NCc2cc(C(C)C)no2)n1. The molecule has 0 amide bonds. The zero-order valence-electron chi connectivity index (χ0n) is 12.9. The first-order valence-electron chi connectivity index (χ1n) is 7.67. The number of nitrogens with zero attached hydrogens (tertiary/aromatic N) is 3. The summed E-state index contributed by atoms with van der Waals surface area (Å²) in [5.41, 5.74) is 3.15. The van der Waals surface area contributed by atoms with Gasteiger partial charge in [-0.1, -0.05) is 25.4 Å². The highest BCUT2D eigenvalue weighted by Gasteiger charge is 2.21. The second-order valence-corrected chi connectivity index (χ2v) is 6.11. The van der Waals surface area contributed by atoms with E-state index in [1.165, 1.54) is 19.3 Å². The molecule has 2 aromatic rings. The van der Waals surface area contributed by atoms with Gasteiger partial charge >= 0.3 is 0 Å². The van der Waals surface area contributed by atoms with Gasteiger partial charge < -0.3 is 9.84 Å². The minimum absolute atomic E-state index is 0.378. The van der Waals surface area contributed by atoms with Crippen molar-refractivity contribution in [2.75, 3.05) is 5.32 Å². The van der Waals surface area contributed by atoms with Crippen LogP contribution in [0.3, 0.4) is 0 Å². The summed E-state index contributed by atoms with van der Waals surface area (Å²) in [4.78, 5) is 9.08. The van der Waals surface area contributed by atoms with Crippen LogP contribution in [0.4, 0.5) is 5.95 Å². The van der Waals surface area contributed by atoms with Crippen molar-refractivity contribution in [3.63, 3.8) is 0 Å². The molecule has 0 bridgehead atoms. The van der Waals surface area contributed by atoms with Crippen molar-refractivity contribution in [2.24, 2.45) is 0 Å². The summed E-state index contributed by atoms with van der Waals surface area (Å²) in [5.74, 6) is 2.49. The molecule has 112 valence electrons. The average Bonchev–Trinajstić information content (AvgIpc) is 2.82. The number of rotatable bonds is 5. The van der Waals surface area contributed by atoms with Crippen molar-refractivity contribution in [1.29, 1.82) is 0 Å². The molecule has 0 aromatic carbocycles. The Labute approximate surface area is 125 Å². The predicted octanol–water partition coefficient (Wildman–Crippen LogP) is 3.78. The van der Waals surface area contributed by atoms with Crippen LogP contribution in [0.2, 0.25) is 0 Å². The molecular formula is C16H22N4O. The van der Waals surface area contributed by atoms with E-state index in [0.717, 1.165) is 22.8 Å². The molecule has 1 saturated carbocycles. The molecule has 1 fully saturated rings. The summed E-state index contributed by atoms with van der Waals surface area (Å²) in [6.45, 7) is 6.78. The Kier molecular flexibility index (Phi) is 3.90. The normalized spacial score (nSPS) is 15.2. The smallest absolute Gasteiger partial charge is 0.223 e. The second kappa shape index (κ2) is 5.84. The summed E-state index contributed by atoms with van der Waals surface area (Å²) in [7, 11) is 0. The largest absolute Gasteiger partial charge is 0.359 e. The third-order valence-electron chi connectivity index (χ3n) is 3.99. The Hall–Kier alpha value is -1.91. The van der Waals surface area contributed by atoms with E-state index in [1.807, 2.05) is 13.0 Å². The molecule has 1 aliphatic carbocycles. The zero-order chi connectivity index (χ0) is 14.8. The highest BCUT2D eigenvalue weighted by molar-refractivity contribution is 5.30. The van der Waals surface area contributed by atoms with Gasteiger partial charge in [0.05, 0.1) is 12.2 Å². The van der Waals surface area contributed by atoms with Gasteiger partial charge in [0.1, 0.15) is 0 Å². The fourth-order valence-corrected chi connectivity index (χ4v) is 2.44. The van der Waals surface area contributed by atoms with Crippen LogP contribution in [0, 0.1) is 6.92 Å². The number of aryl methyl sites for hydroxylation is 1. The lowest BCUT2D eigenvalue weighted by Crippen LogP contribution is -2.13. The minimum Gasteiger partial charge on any atom is -0.359 e. The van der Waals surface area contributed by atoms with Gasteiger partial charge in [0.25, 0.3) is 0 Å². The quantitative estimate of drug-likeness (QED) is 0.906. The topological polar surface area (TPSA) is 63.8 Å². The molecule has 2 heterocycles. The summed E-state index contributed by atoms with van der Waals surface area (Å²) >= 11 is 0. The van der Waals surface area contributed by atoms with E-state index in [0.29, 0.717) is 24.3 Å². The van der Waals surface area contributed by atoms with E-state index in [9.17, 15) is 0 Å². The van der Waals surface area contributed by atoms with Gasteiger partial charge in [-0.25, -0.2) is 9.97 Å². The van der Waals surface area contributed by atoms with E-state index < -0.39 is 0 Å². The summed E-state index contributed by atoms with van der Waals surface area (Å²) in [5, 5.41) is 7.30. The maximum absolute atomic E-state index is 5.32. The second-order valence-electron chi connectivity index (χ2n) is 6.11. The van der Waals surface area contributed by atoms with Gasteiger partial charge in [0, 0.05) is 23.4 Å². The average molecular weight is 286 g/mol. The third kappa shape index (κ3) is 3.23. The van der Waals surface area contributed by atoms with Crippen molar-refractivity contribution in [1.82, 2.24) is 15.1 Å². The molecule has 0 saturated heterocycles. The first-order valence-corrected chi connectivity index (χ1v) is 7.67. The van der Waals surface area contributed by atoms with Crippen molar-refractivity contribution in [3.8, 4) is 0 Å². The molecule has 5 nitrogen and oxygen atoms in total. The summed E-state index contributed by atoms with van der Waals surface area (Å²) in [6, 6.07) is 4.08. The number of hydrogen-bond donors (Lipinski definition) is 1. The fraction of sp³-hybridized carbons (Fsp3) is 0.562. The molecular weight excluding hydrogens is 264 g/mol. The maximum Gasteiger partial charge on any atom is 0.223 e. The van der Waals surface area contributed by atoms with Crippen LogP contribution in [0.15, 0.2) is 16.7 Å². The molecule has 0 unspecified atom stereocenters. The van der Waals surface area contributed by atoms with Gasteiger partial charge in [-0.3, -0.25) is 0 Å². The van der Waals surface area contributed by atoms with Gasteiger partial charge in [-0.15, -0.1) is 0 Å². The maximum atomic E-state index is 5.32. The lowest BCUT2D eigenvalue weighted by Gasteiger charge is -2.25. The molecule has 0 atom stereocenters. The highest BCUT2D eigenvalue weighted by Crippen LogP contribution is 2.35. The standard InChI is InChI=1S/C16H22N4O/c1-10(2)14-8-13(21-20-14)9-17-16-18-11(3)7-15(19-16)12-5-4-6-12/h7-8,10,12H,4-6,9H2,1-3H3,(H,17,18,19). The van der Waals surface area contributed by atoms with Crippen molar-refractivity contribution in [2.45, 2.75) is 58.4 Å². The van der Waals surface area contributed by atoms with Crippen molar-refractivity contribution >= 4 is 5.95 Å². The number of nitrogens with one attached hydrogen (secondary N) is 1. The van der Waals surface area contributed by atoms with E-state index in [4.69, 9.17) is 4.52 Å². The zero-order valence-corrected chi connectivity index (χ0v) is 12.9. The van der Waals surface area contributed by atoms with Crippen LogP contribution in [0.1, 0.15) is 67.8 Å².